The summed E-state index contributed by atoms with van der Waals surface area (Å²) >= 11 is 0. The topological polar surface area (TPSA) is 23.1 Å². The number of hydroxylamine groups is 2. The zero-order valence-electron chi connectivity index (χ0n) is 8.40. The van der Waals surface area contributed by atoms with Gasteiger partial charge in [0.1, 0.15) is 5.69 Å². The second-order valence-electron chi connectivity index (χ2n) is 3.85. The molecule has 0 aliphatic carbocycles. The molecule has 0 aromatic heterocycles. The molecule has 0 bridgehead atoms. The van der Waals surface area contributed by atoms with Crippen LogP contribution in [0.3, 0.4) is 0 Å². The minimum atomic E-state index is -0.388. The van der Waals surface area contributed by atoms with Gasteiger partial charge in [0.2, 0.25) is 0 Å². The van der Waals surface area contributed by atoms with Gasteiger partial charge in [0.15, 0.2) is 0 Å². The van der Waals surface area contributed by atoms with Crippen LogP contribution in [-0.2, 0) is 0 Å². The number of rotatable bonds is 1. The molecule has 0 amide bonds. The van der Waals surface area contributed by atoms with E-state index in [1.54, 1.807) is 14.1 Å². The molecule has 0 atom stereocenters. The fourth-order valence-electron chi connectivity index (χ4n) is 1.68. The first-order valence-corrected chi connectivity index (χ1v) is 4.62. The number of hydrogen-bond acceptors (Lipinski definition) is 1. The zero-order valence-corrected chi connectivity index (χ0v) is 8.40. The maximum atomic E-state index is 11.9. The largest absolute Gasteiger partial charge is 0.628 e. The summed E-state index contributed by atoms with van der Waals surface area (Å²) in [6.07, 6.45) is 0. The molecule has 0 N–H and O–H groups in total. The Morgan fingerprint density at radius 3 is 2.29 bits per heavy atom. The lowest BCUT2D eigenvalue weighted by atomic mass is 10.1. The maximum Gasteiger partial charge on any atom is 0.140 e. The quantitative estimate of drug-likeness (QED) is 0.497. The van der Waals surface area contributed by atoms with Crippen molar-refractivity contribution < 1.29 is 0 Å². The van der Waals surface area contributed by atoms with Gasteiger partial charge >= 0.3 is 0 Å². The van der Waals surface area contributed by atoms with Gasteiger partial charge in [0, 0.05) is 11.5 Å². The molecule has 2 nitrogen and oxygen atoms in total. The van der Waals surface area contributed by atoms with E-state index in [-0.39, 0.29) is 4.65 Å². The molecule has 0 saturated heterocycles. The van der Waals surface area contributed by atoms with Gasteiger partial charge in [-0.25, -0.2) is 0 Å². The molecule has 0 spiro atoms. The fraction of sp³-hybridized carbons (Fsp3) is 0.167. The van der Waals surface area contributed by atoms with Gasteiger partial charge in [0.05, 0.1) is 14.1 Å². The molecule has 2 heteroatoms. The summed E-state index contributed by atoms with van der Waals surface area (Å²) in [6.45, 7) is 0. The normalized spacial score (nSPS) is 11.9. The predicted molar refractivity (Wildman–Crippen MR) is 61.0 cm³/mol. The Morgan fingerprint density at radius 1 is 0.929 bits per heavy atom. The van der Waals surface area contributed by atoms with Crippen LogP contribution < -0.4 is 4.65 Å². The average molecular weight is 187 g/mol. The van der Waals surface area contributed by atoms with E-state index in [0.717, 1.165) is 16.5 Å². The van der Waals surface area contributed by atoms with E-state index in [0.29, 0.717) is 0 Å². The highest BCUT2D eigenvalue weighted by molar-refractivity contribution is 5.93. The second kappa shape index (κ2) is 3.08. The highest BCUT2D eigenvalue weighted by Gasteiger charge is 2.10. The second-order valence-corrected chi connectivity index (χ2v) is 3.85. The molecule has 0 saturated carbocycles. The molecule has 0 radical (unpaired) electrons. The minimum absolute atomic E-state index is 0.388. The van der Waals surface area contributed by atoms with E-state index in [4.69, 9.17) is 0 Å². The van der Waals surface area contributed by atoms with Crippen molar-refractivity contribution in [2.45, 2.75) is 0 Å². The summed E-state index contributed by atoms with van der Waals surface area (Å²) in [5.74, 6) is 0. The number of nitrogens with zero attached hydrogens (tertiary/aromatic N) is 1. The first-order chi connectivity index (χ1) is 6.59. The van der Waals surface area contributed by atoms with Crippen LogP contribution in [0.4, 0.5) is 5.69 Å². The molecular formula is C12H13NO. The van der Waals surface area contributed by atoms with E-state index < -0.39 is 0 Å². The summed E-state index contributed by atoms with van der Waals surface area (Å²) in [5, 5.41) is 14.0. The van der Waals surface area contributed by atoms with Gasteiger partial charge in [0.25, 0.3) is 0 Å². The Morgan fingerprint density at radius 2 is 1.57 bits per heavy atom. The molecule has 0 unspecified atom stereocenters. The Kier molecular flexibility index (Phi) is 2.02. The smallest absolute Gasteiger partial charge is 0.140 e. The highest BCUT2D eigenvalue weighted by atomic mass is 16.5. The van der Waals surface area contributed by atoms with Gasteiger partial charge in [-0.2, -0.15) is 0 Å². The highest BCUT2D eigenvalue weighted by Crippen LogP contribution is 2.28. The summed E-state index contributed by atoms with van der Waals surface area (Å²) in [7, 11) is 3.28. The number of quaternary nitrogens is 1. The number of hydrogen-bond donors (Lipinski definition) is 0. The van der Waals surface area contributed by atoms with Gasteiger partial charge in [-0.15, -0.1) is 0 Å². The van der Waals surface area contributed by atoms with Crippen LogP contribution in [0.5, 0.6) is 0 Å². The molecule has 0 heterocycles. The van der Waals surface area contributed by atoms with Gasteiger partial charge in [-0.05, 0) is 11.5 Å². The molecule has 0 aliphatic rings. The van der Waals surface area contributed by atoms with Gasteiger partial charge in [-0.3, -0.25) is 0 Å². The molecule has 2 aromatic rings. The van der Waals surface area contributed by atoms with Crippen molar-refractivity contribution in [3.05, 3.63) is 47.7 Å². The van der Waals surface area contributed by atoms with Crippen LogP contribution in [-0.4, -0.2) is 14.1 Å². The average Bonchev–Trinajstić information content (AvgIpc) is 2.15. The molecular weight excluding hydrogens is 174 g/mol. The van der Waals surface area contributed by atoms with Crippen LogP contribution >= 0.6 is 0 Å². The summed E-state index contributed by atoms with van der Waals surface area (Å²) in [4.78, 5) is 0. The summed E-state index contributed by atoms with van der Waals surface area (Å²) in [6, 6.07) is 13.8. The lowest BCUT2D eigenvalue weighted by molar-refractivity contribution is 0.547. The van der Waals surface area contributed by atoms with E-state index >= 15 is 0 Å². The third kappa shape index (κ3) is 1.50. The molecule has 2 aromatic carbocycles. The number of benzene rings is 2. The third-order valence-corrected chi connectivity index (χ3v) is 2.35. The van der Waals surface area contributed by atoms with Crippen LogP contribution in [0.2, 0.25) is 0 Å². The van der Waals surface area contributed by atoms with Crippen molar-refractivity contribution in [3.63, 3.8) is 0 Å². The van der Waals surface area contributed by atoms with Crippen molar-refractivity contribution >= 4 is 16.5 Å². The maximum absolute atomic E-state index is 11.9. The first kappa shape index (κ1) is 9.19. The molecule has 0 aliphatic heterocycles. The molecule has 14 heavy (non-hydrogen) atoms. The summed E-state index contributed by atoms with van der Waals surface area (Å²) in [5.41, 5.74) is 0.808. The van der Waals surface area contributed by atoms with E-state index in [1.165, 1.54) is 0 Å². The Hall–Kier alpha value is -1.38. The van der Waals surface area contributed by atoms with Gasteiger partial charge < -0.3 is 9.85 Å². The van der Waals surface area contributed by atoms with Crippen LogP contribution in [0.15, 0.2) is 42.5 Å². The Bertz CT molecular complexity index is 452. The van der Waals surface area contributed by atoms with Crippen LogP contribution in [0, 0.1) is 5.21 Å². The molecule has 72 valence electrons. The SMILES string of the molecule is C[N+](C)([O-])c1cccc2ccccc12. The van der Waals surface area contributed by atoms with Crippen molar-refractivity contribution in [1.29, 1.82) is 0 Å². The molecule has 2 rings (SSSR count). The van der Waals surface area contributed by atoms with Crippen molar-refractivity contribution in [1.82, 2.24) is 4.65 Å². The predicted octanol–water partition coefficient (Wildman–Crippen LogP) is 2.90. The van der Waals surface area contributed by atoms with Crippen molar-refractivity contribution in [2.75, 3.05) is 14.1 Å². The lowest BCUT2D eigenvalue weighted by Crippen LogP contribution is -2.32. The van der Waals surface area contributed by atoms with E-state index in [9.17, 15) is 5.21 Å². The van der Waals surface area contributed by atoms with E-state index in [1.807, 2.05) is 42.5 Å². The lowest BCUT2D eigenvalue weighted by Gasteiger charge is -2.34. The Balaban J connectivity index is 2.78. The zero-order chi connectivity index (χ0) is 10.2. The molecule has 0 fully saturated rings. The van der Waals surface area contributed by atoms with Crippen LogP contribution in [0.1, 0.15) is 0 Å². The standard InChI is InChI=1S/C12H13NO/c1-13(2,14)12-9-5-7-10-6-3-4-8-11(10)12/h3-9H,1-2H3. The third-order valence-electron chi connectivity index (χ3n) is 2.35. The monoisotopic (exact) mass is 187 g/mol. The Labute approximate surface area is 83.6 Å². The van der Waals surface area contributed by atoms with E-state index in [2.05, 4.69) is 0 Å². The number of fused-ring (bicyclic) bond motifs is 1. The van der Waals surface area contributed by atoms with Crippen LogP contribution in [0.25, 0.3) is 10.8 Å². The fourth-order valence-corrected chi connectivity index (χ4v) is 1.68. The van der Waals surface area contributed by atoms with Crippen molar-refractivity contribution in [3.8, 4) is 0 Å². The van der Waals surface area contributed by atoms with Gasteiger partial charge in [-0.1, -0.05) is 30.3 Å². The minimum Gasteiger partial charge on any atom is -0.628 e. The van der Waals surface area contributed by atoms with Crippen molar-refractivity contribution in [2.24, 2.45) is 0 Å². The summed E-state index contributed by atoms with van der Waals surface area (Å²) < 4.78 is -0.388. The first-order valence-electron chi connectivity index (χ1n) is 4.62.